The summed E-state index contributed by atoms with van der Waals surface area (Å²) in [4.78, 5) is 14.4. The van der Waals surface area contributed by atoms with Crippen LogP contribution < -0.4 is 4.74 Å². The molecule has 2 fully saturated rings. The summed E-state index contributed by atoms with van der Waals surface area (Å²) in [5.74, 6) is 2.27. The van der Waals surface area contributed by atoms with Crippen LogP contribution in [-0.4, -0.2) is 41.0 Å². The lowest BCUT2D eigenvalue weighted by Crippen LogP contribution is -2.40. The number of benzene rings is 1. The minimum absolute atomic E-state index is 0.275. The number of ether oxygens (including phenoxy) is 1. The normalized spacial score (nSPS) is 24.8. The third kappa shape index (κ3) is 2.73. The van der Waals surface area contributed by atoms with E-state index in [2.05, 4.69) is 4.90 Å². The molecule has 2 saturated heterocycles. The van der Waals surface area contributed by atoms with Gasteiger partial charge in [0.1, 0.15) is 5.75 Å². The smallest absolute Gasteiger partial charge is 0.227 e. The molecular formula is C15H19NO2S. The average molecular weight is 277 g/mol. The Morgan fingerprint density at radius 3 is 2.79 bits per heavy atom. The molecule has 0 aromatic heterocycles. The molecule has 2 atom stereocenters. The van der Waals surface area contributed by atoms with Crippen molar-refractivity contribution in [1.82, 2.24) is 4.90 Å². The van der Waals surface area contributed by atoms with Crippen LogP contribution in [0, 0.1) is 0 Å². The molecule has 2 unspecified atom stereocenters. The average Bonchev–Trinajstić information content (AvgIpc) is 3.04. The molecule has 0 radical (unpaired) electrons. The fourth-order valence-electron chi connectivity index (χ4n) is 2.85. The Balaban J connectivity index is 1.60. The van der Waals surface area contributed by atoms with E-state index in [1.54, 1.807) is 0 Å². The van der Waals surface area contributed by atoms with Crippen LogP contribution in [-0.2, 0) is 11.2 Å². The minimum atomic E-state index is 0.275. The molecule has 3 rings (SSSR count). The van der Waals surface area contributed by atoms with Gasteiger partial charge in [-0.05, 0) is 31.0 Å². The molecule has 102 valence electrons. The fraction of sp³-hybridized carbons (Fsp3) is 0.533. The van der Waals surface area contributed by atoms with E-state index in [1.807, 2.05) is 43.0 Å². The maximum Gasteiger partial charge on any atom is 0.227 e. The second-order valence-corrected chi connectivity index (χ2v) is 6.48. The number of hydrogen-bond donors (Lipinski definition) is 0. The van der Waals surface area contributed by atoms with E-state index < -0.39 is 0 Å². The molecule has 3 nitrogen and oxygen atoms in total. The van der Waals surface area contributed by atoms with Crippen LogP contribution in [0.3, 0.4) is 0 Å². The zero-order chi connectivity index (χ0) is 13.2. The van der Waals surface area contributed by atoms with E-state index >= 15 is 0 Å². The van der Waals surface area contributed by atoms with Crippen molar-refractivity contribution in [2.75, 3.05) is 18.9 Å². The second-order valence-electron chi connectivity index (χ2n) is 5.14. The van der Waals surface area contributed by atoms with Crippen LogP contribution in [0.15, 0.2) is 24.3 Å². The number of carbonyl (C=O) groups is 1. The lowest BCUT2D eigenvalue weighted by molar-refractivity contribution is -0.130. The van der Waals surface area contributed by atoms with Crippen molar-refractivity contribution < 1.29 is 9.53 Å². The molecule has 0 spiro atoms. The highest BCUT2D eigenvalue weighted by atomic mass is 32.2. The highest BCUT2D eigenvalue weighted by Gasteiger charge is 2.40. The summed E-state index contributed by atoms with van der Waals surface area (Å²) in [6.07, 6.45) is 1.71. The van der Waals surface area contributed by atoms with Gasteiger partial charge in [-0.2, -0.15) is 11.8 Å². The summed E-state index contributed by atoms with van der Waals surface area (Å²) in [5, 5.41) is 0.689. The zero-order valence-corrected chi connectivity index (χ0v) is 12.0. The summed E-state index contributed by atoms with van der Waals surface area (Å²) >= 11 is 2.02. The summed E-state index contributed by atoms with van der Waals surface area (Å²) in [6, 6.07) is 8.36. The number of fused-ring (bicyclic) bond motifs is 2. The molecule has 0 N–H and O–H groups in total. The first-order valence-electron chi connectivity index (χ1n) is 6.89. The predicted octanol–water partition coefficient (Wildman–Crippen LogP) is 2.34. The Labute approximate surface area is 118 Å². The molecule has 0 saturated carbocycles. The lowest BCUT2D eigenvalue weighted by Gasteiger charge is -2.26. The molecule has 19 heavy (non-hydrogen) atoms. The minimum Gasteiger partial charge on any atom is -0.494 e. The van der Waals surface area contributed by atoms with E-state index in [4.69, 9.17) is 4.74 Å². The van der Waals surface area contributed by atoms with Crippen LogP contribution in [0.1, 0.15) is 18.9 Å². The van der Waals surface area contributed by atoms with Crippen molar-refractivity contribution >= 4 is 17.7 Å². The number of amides is 1. The first-order chi connectivity index (χ1) is 9.26. The number of likely N-dealkylation sites (tertiary alicyclic amines) is 1. The molecule has 4 heteroatoms. The number of nitrogens with zero attached hydrogens (tertiary/aromatic N) is 1. The summed E-state index contributed by atoms with van der Waals surface area (Å²) in [5.41, 5.74) is 1.07. The molecular weight excluding hydrogens is 258 g/mol. The van der Waals surface area contributed by atoms with Crippen LogP contribution in [0.25, 0.3) is 0 Å². The highest BCUT2D eigenvalue weighted by Crippen LogP contribution is 2.37. The quantitative estimate of drug-likeness (QED) is 0.846. The molecule has 1 amide bonds. The topological polar surface area (TPSA) is 29.5 Å². The Morgan fingerprint density at radius 2 is 2.21 bits per heavy atom. The summed E-state index contributed by atoms with van der Waals surface area (Å²) < 4.78 is 5.41. The molecule has 2 aliphatic rings. The van der Waals surface area contributed by atoms with Gasteiger partial charge in [-0.25, -0.2) is 0 Å². The van der Waals surface area contributed by atoms with Crippen molar-refractivity contribution in [2.45, 2.75) is 31.1 Å². The van der Waals surface area contributed by atoms with Crippen LogP contribution in [0.4, 0.5) is 0 Å². The Morgan fingerprint density at radius 1 is 1.42 bits per heavy atom. The third-order valence-electron chi connectivity index (χ3n) is 3.81. The molecule has 2 bridgehead atoms. The van der Waals surface area contributed by atoms with Crippen molar-refractivity contribution in [3.63, 3.8) is 0 Å². The lowest BCUT2D eigenvalue weighted by atomic mass is 10.1. The van der Waals surface area contributed by atoms with Crippen LogP contribution in [0.5, 0.6) is 5.75 Å². The third-order valence-corrected chi connectivity index (χ3v) is 5.20. The van der Waals surface area contributed by atoms with E-state index in [0.29, 0.717) is 24.3 Å². The van der Waals surface area contributed by atoms with E-state index in [1.165, 1.54) is 6.42 Å². The van der Waals surface area contributed by atoms with Gasteiger partial charge in [0.15, 0.2) is 0 Å². The number of rotatable bonds is 4. The van der Waals surface area contributed by atoms with Gasteiger partial charge in [-0.3, -0.25) is 4.79 Å². The maximum atomic E-state index is 12.3. The van der Waals surface area contributed by atoms with Gasteiger partial charge in [0.05, 0.1) is 13.0 Å². The summed E-state index contributed by atoms with van der Waals surface area (Å²) in [6.45, 7) is 3.59. The standard InChI is InChI=1S/C15H19NO2S/c1-2-18-13-5-3-11(4-6-13)7-15(17)16-9-14-8-12(16)10-19-14/h3-6,12,14H,2,7-10H2,1H3. The maximum absolute atomic E-state index is 12.3. The van der Waals surface area contributed by atoms with Gasteiger partial charge in [0, 0.05) is 23.6 Å². The van der Waals surface area contributed by atoms with Gasteiger partial charge < -0.3 is 9.64 Å². The van der Waals surface area contributed by atoms with Gasteiger partial charge in [0.2, 0.25) is 5.91 Å². The number of thioether (sulfide) groups is 1. The first kappa shape index (κ1) is 12.9. The van der Waals surface area contributed by atoms with Gasteiger partial charge >= 0.3 is 0 Å². The monoisotopic (exact) mass is 277 g/mol. The Hall–Kier alpha value is -1.16. The Bertz CT molecular complexity index is 460. The fourth-order valence-corrected chi connectivity index (χ4v) is 4.29. The van der Waals surface area contributed by atoms with Crippen molar-refractivity contribution in [3.05, 3.63) is 29.8 Å². The predicted molar refractivity (Wildman–Crippen MR) is 77.7 cm³/mol. The highest BCUT2D eigenvalue weighted by molar-refractivity contribution is 8.00. The van der Waals surface area contributed by atoms with E-state index in [0.717, 1.165) is 23.6 Å². The van der Waals surface area contributed by atoms with Crippen molar-refractivity contribution in [3.8, 4) is 5.75 Å². The van der Waals surface area contributed by atoms with Gasteiger partial charge in [0.25, 0.3) is 0 Å². The largest absolute Gasteiger partial charge is 0.494 e. The van der Waals surface area contributed by atoms with E-state index in [9.17, 15) is 4.79 Å². The SMILES string of the molecule is CCOc1ccc(CC(=O)N2CC3CC2CS3)cc1. The van der Waals surface area contributed by atoms with Gasteiger partial charge in [-0.1, -0.05) is 12.1 Å². The second kappa shape index (κ2) is 5.45. The molecule has 2 heterocycles. The van der Waals surface area contributed by atoms with Crippen LogP contribution >= 0.6 is 11.8 Å². The van der Waals surface area contributed by atoms with Crippen LogP contribution in [0.2, 0.25) is 0 Å². The first-order valence-corrected chi connectivity index (χ1v) is 7.94. The van der Waals surface area contributed by atoms with Crippen molar-refractivity contribution in [2.24, 2.45) is 0 Å². The van der Waals surface area contributed by atoms with Gasteiger partial charge in [-0.15, -0.1) is 0 Å². The molecule has 1 aromatic carbocycles. The number of hydrogen-bond acceptors (Lipinski definition) is 3. The Kier molecular flexibility index (Phi) is 3.69. The molecule has 0 aliphatic carbocycles. The molecule has 2 aliphatic heterocycles. The molecule has 1 aromatic rings. The van der Waals surface area contributed by atoms with Crippen molar-refractivity contribution in [1.29, 1.82) is 0 Å². The summed E-state index contributed by atoms with van der Waals surface area (Å²) in [7, 11) is 0. The van der Waals surface area contributed by atoms with E-state index in [-0.39, 0.29) is 5.91 Å². The zero-order valence-electron chi connectivity index (χ0n) is 11.2. The number of carbonyl (C=O) groups excluding carboxylic acids is 1.